The molecule has 0 saturated carbocycles. The highest BCUT2D eigenvalue weighted by Crippen LogP contribution is 2.21. The van der Waals surface area contributed by atoms with Crippen LogP contribution >= 0.6 is 0 Å². The lowest BCUT2D eigenvalue weighted by Crippen LogP contribution is -2.50. The van der Waals surface area contributed by atoms with Crippen molar-refractivity contribution in [3.63, 3.8) is 0 Å². The topological polar surface area (TPSA) is 50.1 Å². The second-order valence-electron chi connectivity index (χ2n) is 5.57. The molecule has 98 valence electrons. The van der Waals surface area contributed by atoms with Gasteiger partial charge in [-0.05, 0) is 32.8 Å². The van der Waals surface area contributed by atoms with Crippen molar-refractivity contribution in [2.45, 2.75) is 58.7 Å². The number of aryl methyl sites for hydroxylation is 1. The van der Waals surface area contributed by atoms with E-state index in [0.717, 1.165) is 6.42 Å². The number of nitrogens with zero attached hydrogens (tertiary/aromatic N) is 2. The Morgan fingerprint density at radius 2 is 2.12 bits per heavy atom. The summed E-state index contributed by atoms with van der Waals surface area (Å²) in [6, 6.07) is 0.630. The van der Waals surface area contributed by atoms with E-state index >= 15 is 0 Å². The van der Waals surface area contributed by atoms with Crippen LogP contribution in [0, 0.1) is 6.92 Å². The Kier molecular flexibility index (Phi) is 4.71. The maximum absolute atomic E-state index is 9.54. The molecule has 0 radical (unpaired) electrons. The van der Waals surface area contributed by atoms with Crippen LogP contribution in [0.1, 0.15) is 45.7 Å². The molecule has 2 unspecified atom stereocenters. The van der Waals surface area contributed by atoms with Gasteiger partial charge in [0.15, 0.2) is 0 Å². The fourth-order valence-electron chi connectivity index (χ4n) is 2.29. The minimum atomic E-state index is -0.257. The third-order valence-corrected chi connectivity index (χ3v) is 2.91. The molecule has 0 aliphatic heterocycles. The summed E-state index contributed by atoms with van der Waals surface area (Å²) in [7, 11) is 0. The van der Waals surface area contributed by atoms with Gasteiger partial charge in [0.2, 0.25) is 0 Å². The molecule has 2 atom stereocenters. The summed E-state index contributed by atoms with van der Waals surface area (Å²) in [5.74, 6) is 0. The summed E-state index contributed by atoms with van der Waals surface area (Å²) in [4.78, 5) is 0. The molecular weight excluding hydrogens is 214 g/mol. The Labute approximate surface area is 104 Å². The Hall–Kier alpha value is -0.870. The Morgan fingerprint density at radius 3 is 2.53 bits per heavy atom. The first-order valence-electron chi connectivity index (χ1n) is 6.25. The summed E-state index contributed by atoms with van der Waals surface area (Å²) >= 11 is 0. The Morgan fingerprint density at radius 1 is 1.47 bits per heavy atom. The van der Waals surface area contributed by atoms with Gasteiger partial charge < -0.3 is 10.4 Å². The highest BCUT2D eigenvalue weighted by Gasteiger charge is 2.27. The van der Waals surface area contributed by atoms with Crippen LogP contribution in [-0.4, -0.2) is 33.1 Å². The zero-order valence-electron chi connectivity index (χ0n) is 11.6. The van der Waals surface area contributed by atoms with Crippen LogP contribution in [-0.2, 0) is 0 Å². The third-order valence-electron chi connectivity index (χ3n) is 2.91. The van der Waals surface area contributed by atoms with Gasteiger partial charge in [-0.2, -0.15) is 5.10 Å². The molecular formula is C13H25N3O. The fourth-order valence-corrected chi connectivity index (χ4v) is 2.29. The number of aliphatic hydroxyl groups excluding tert-OH is 1. The molecule has 0 aromatic carbocycles. The maximum atomic E-state index is 9.54. The third kappa shape index (κ3) is 4.13. The first-order valence-corrected chi connectivity index (χ1v) is 6.25. The quantitative estimate of drug-likeness (QED) is 0.797. The second-order valence-corrected chi connectivity index (χ2v) is 5.57. The Bertz CT molecular complexity index is 348. The molecule has 17 heavy (non-hydrogen) atoms. The van der Waals surface area contributed by atoms with Crippen LogP contribution in [0.25, 0.3) is 0 Å². The van der Waals surface area contributed by atoms with E-state index in [4.69, 9.17) is 0 Å². The minimum Gasteiger partial charge on any atom is -0.394 e. The van der Waals surface area contributed by atoms with Gasteiger partial charge in [0.1, 0.15) is 0 Å². The van der Waals surface area contributed by atoms with Gasteiger partial charge >= 0.3 is 0 Å². The van der Waals surface area contributed by atoms with E-state index in [1.54, 1.807) is 0 Å². The minimum absolute atomic E-state index is 0.135. The summed E-state index contributed by atoms with van der Waals surface area (Å²) in [5.41, 5.74) is 0.910. The maximum Gasteiger partial charge on any atom is 0.0611 e. The van der Waals surface area contributed by atoms with Gasteiger partial charge in [-0.3, -0.25) is 4.68 Å². The van der Waals surface area contributed by atoms with Crippen molar-refractivity contribution >= 4 is 0 Å². The average molecular weight is 239 g/mol. The second kappa shape index (κ2) is 5.65. The molecule has 1 rings (SSSR count). The normalized spacial score (nSPS) is 17.1. The Balaban J connectivity index is 2.67. The molecule has 4 heteroatoms. The van der Waals surface area contributed by atoms with Crippen LogP contribution in [0.3, 0.4) is 0 Å². The van der Waals surface area contributed by atoms with Gasteiger partial charge in [-0.1, -0.05) is 13.8 Å². The van der Waals surface area contributed by atoms with Gasteiger partial charge in [-0.25, -0.2) is 0 Å². The van der Waals surface area contributed by atoms with Gasteiger partial charge in [0, 0.05) is 17.8 Å². The van der Waals surface area contributed by atoms with Gasteiger partial charge in [0.25, 0.3) is 0 Å². The first-order chi connectivity index (χ1) is 7.86. The molecule has 0 aliphatic rings. The van der Waals surface area contributed by atoms with E-state index in [0.29, 0.717) is 6.04 Å². The number of rotatable bonds is 6. The van der Waals surface area contributed by atoms with E-state index < -0.39 is 0 Å². The number of hydrogen-bond donors (Lipinski definition) is 2. The summed E-state index contributed by atoms with van der Waals surface area (Å²) in [6.45, 7) is 10.5. The van der Waals surface area contributed by atoms with Gasteiger partial charge in [-0.15, -0.1) is 0 Å². The van der Waals surface area contributed by atoms with E-state index in [1.165, 1.54) is 5.56 Å². The summed E-state index contributed by atoms with van der Waals surface area (Å²) in [5, 5.41) is 17.3. The zero-order valence-corrected chi connectivity index (χ0v) is 11.6. The first kappa shape index (κ1) is 14.2. The molecule has 0 saturated heterocycles. The molecule has 1 aromatic rings. The average Bonchev–Trinajstić information content (AvgIpc) is 2.63. The molecule has 0 bridgehead atoms. The molecule has 0 spiro atoms. The number of aliphatic hydroxyl groups is 1. The molecule has 1 aromatic heterocycles. The van der Waals surface area contributed by atoms with E-state index in [2.05, 4.69) is 38.1 Å². The van der Waals surface area contributed by atoms with Crippen molar-refractivity contribution < 1.29 is 5.11 Å². The lowest BCUT2D eigenvalue weighted by Gasteiger charge is -2.33. The van der Waals surface area contributed by atoms with Crippen LogP contribution in [0.4, 0.5) is 0 Å². The van der Waals surface area contributed by atoms with Crippen molar-refractivity contribution in [2.75, 3.05) is 6.61 Å². The monoisotopic (exact) mass is 239 g/mol. The van der Waals surface area contributed by atoms with Crippen LogP contribution < -0.4 is 5.32 Å². The SMILES string of the molecule is Cc1cnn(C(C)CC(C)(CO)NC(C)C)c1. The zero-order chi connectivity index (χ0) is 13.1. The van der Waals surface area contributed by atoms with E-state index in [-0.39, 0.29) is 18.2 Å². The number of hydrogen-bond acceptors (Lipinski definition) is 3. The lowest BCUT2D eigenvalue weighted by atomic mass is 9.93. The van der Waals surface area contributed by atoms with Gasteiger partial charge in [0.05, 0.1) is 18.8 Å². The van der Waals surface area contributed by atoms with Crippen molar-refractivity contribution in [3.8, 4) is 0 Å². The smallest absolute Gasteiger partial charge is 0.0611 e. The largest absolute Gasteiger partial charge is 0.394 e. The fraction of sp³-hybridized carbons (Fsp3) is 0.769. The lowest BCUT2D eigenvalue weighted by molar-refractivity contribution is 0.140. The van der Waals surface area contributed by atoms with Crippen molar-refractivity contribution in [1.82, 2.24) is 15.1 Å². The number of aromatic nitrogens is 2. The molecule has 0 amide bonds. The molecule has 0 aliphatic carbocycles. The van der Waals surface area contributed by atoms with Crippen molar-refractivity contribution in [2.24, 2.45) is 0 Å². The highest BCUT2D eigenvalue weighted by molar-refractivity contribution is 5.01. The molecule has 2 N–H and O–H groups in total. The molecule has 1 heterocycles. The van der Waals surface area contributed by atoms with Crippen molar-refractivity contribution in [3.05, 3.63) is 18.0 Å². The van der Waals surface area contributed by atoms with E-state index in [1.807, 2.05) is 24.0 Å². The standard InChI is InChI=1S/C13H25N3O/c1-10(2)15-13(5,9-17)6-12(4)16-8-11(3)7-14-16/h7-8,10,12,15,17H,6,9H2,1-5H3. The van der Waals surface area contributed by atoms with Crippen LogP contribution in [0.2, 0.25) is 0 Å². The molecule has 4 nitrogen and oxygen atoms in total. The van der Waals surface area contributed by atoms with E-state index in [9.17, 15) is 5.11 Å². The van der Waals surface area contributed by atoms with Crippen LogP contribution in [0.5, 0.6) is 0 Å². The molecule has 0 fully saturated rings. The predicted molar refractivity (Wildman–Crippen MR) is 70.1 cm³/mol. The predicted octanol–water partition coefficient (Wildman–Crippen LogP) is 1.89. The van der Waals surface area contributed by atoms with Crippen molar-refractivity contribution in [1.29, 1.82) is 0 Å². The highest BCUT2D eigenvalue weighted by atomic mass is 16.3. The number of nitrogens with one attached hydrogen (secondary N) is 1. The summed E-state index contributed by atoms with van der Waals surface area (Å²) < 4.78 is 1.96. The summed E-state index contributed by atoms with van der Waals surface area (Å²) in [6.07, 6.45) is 4.75. The van der Waals surface area contributed by atoms with Crippen LogP contribution in [0.15, 0.2) is 12.4 Å².